The summed E-state index contributed by atoms with van der Waals surface area (Å²) in [5.74, 6) is 0.0844. The van der Waals surface area contributed by atoms with Gasteiger partial charge < -0.3 is 9.88 Å². The van der Waals surface area contributed by atoms with Crippen LogP contribution in [0.3, 0.4) is 0 Å². The lowest BCUT2D eigenvalue weighted by molar-refractivity contribution is -0.117. The lowest BCUT2D eigenvalue weighted by Gasteiger charge is -2.16. The SMILES string of the molecule is O=C1CCCN1c1ccc(S(=O)(=O)NCc2cc[nH]c2)cc1. The zero-order chi connectivity index (χ0) is 15.6. The second-order valence-corrected chi connectivity index (χ2v) is 6.95. The first-order chi connectivity index (χ1) is 10.6. The molecule has 0 unspecified atom stereocenters. The van der Waals surface area contributed by atoms with Crippen LogP contribution in [0.1, 0.15) is 18.4 Å². The van der Waals surface area contributed by atoms with Crippen LogP contribution in [-0.2, 0) is 21.4 Å². The number of carbonyl (C=O) groups excluding carboxylic acids is 1. The van der Waals surface area contributed by atoms with Crippen LogP contribution >= 0.6 is 0 Å². The minimum Gasteiger partial charge on any atom is -0.367 e. The second-order valence-electron chi connectivity index (χ2n) is 5.19. The minimum atomic E-state index is -3.56. The van der Waals surface area contributed by atoms with E-state index >= 15 is 0 Å². The third-order valence-corrected chi connectivity index (χ3v) is 5.08. The van der Waals surface area contributed by atoms with Crippen molar-refractivity contribution >= 4 is 21.6 Å². The number of nitrogens with zero attached hydrogens (tertiary/aromatic N) is 1. The zero-order valence-electron chi connectivity index (χ0n) is 12.0. The first-order valence-electron chi connectivity index (χ1n) is 7.08. The van der Waals surface area contributed by atoms with Gasteiger partial charge in [-0.15, -0.1) is 0 Å². The number of aromatic amines is 1. The van der Waals surface area contributed by atoms with Crippen molar-refractivity contribution in [2.75, 3.05) is 11.4 Å². The summed E-state index contributed by atoms with van der Waals surface area (Å²) >= 11 is 0. The van der Waals surface area contributed by atoms with E-state index in [1.807, 2.05) is 6.07 Å². The summed E-state index contributed by atoms with van der Waals surface area (Å²) in [5, 5.41) is 0. The summed E-state index contributed by atoms with van der Waals surface area (Å²) in [4.78, 5) is 16.4. The topological polar surface area (TPSA) is 82.3 Å². The molecule has 1 saturated heterocycles. The van der Waals surface area contributed by atoms with Gasteiger partial charge in [0.25, 0.3) is 0 Å². The molecule has 116 valence electrons. The van der Waals surface area contributed by atoms with Gasteiger partial charge in [0.15, 0.2) is 0 Å². The van der Waals surface area contributed by atoms with Crippen molar-refractivity contribution in [2.45, 2.75) is 24.3 Å². The summed E-state index contributed by atoms with van der Waals surface area (Å²) < 4.78 is 27.0. The van der Waals surface area contributed by atoms with Gasteiger partial charge in [-0.05, 0) is 42.3 Å². The average Bonchev–Trinajstić information content (AvgIpc) is 3.17. The molecule has 0 spiro atoms. The maximum atomic E-state index is 12.2. The highest BCUT2D eigenvalue weighted by Gasteiger charge is 2.22. The third-order valence-electron chi connectivity index (χ3n) is 3.66. The molecule has 1 aromatic carbocycles. The Bertz CT molecular complexity index is 752. The molecule has 0 radical (unpaired) electrons. The molecule has 6 nitrogen and oxygen atoms in total. The predicted octanol–water partition coefficient (Wildman–Crippen LogP) is 1.62. The number of rotatable bonds is 5. The first-order valence-corrected chi connectivity index (χ1v) is 8.56. The van der Waals surface area contributed by atoms with Crippen molar-refractivity contribution in [3.8, 4) is 0 Å². The maximum absolute atomic E-state index is 12.2. The van der Waals surface area contributed by atoms with E-state index in [9.17, 15) is 13.2 Å². The molecule has 1 aromatic heterocycles. The van der Waals surface area contributed by atoms with Gasteiger partial charge in [-0.25, -0.2) is 13.1 Å². The van der Waals surface area contributed by atoms with Crippen LogP contribution in [0, 0.1) is 0 Å². The summed E-state index contributed by atoms with van der Waals surface area (Å²) in [7, 11) is -3.56. The van der Waals surface area contributed by atoms with E-state index in [0.29, 0.717) is 13.0 Å². The Morgan fingerprint density at radius 3 is 2.55 bits per heavy atom. The average molecular weight is 319 g/mol. The lowest BCUT2D eigenvalue weighted by Crippen LogP contribution is -2.25. The van der Waals surface area contributed by atoms with E-state index < -0.39 is 10.0 Å². The normalized spacial score (nSPS) is 15.5. The van der Waals surface area contributed by atoms with Crippen molar-refractivity contribution in [1.29, 1.82) is 0 Å². The molecule has 2 heterocycles. The number of sulfonamides is 1. The molecule has 22 heavy (non-hydrogen) atoms. The Morgan fingerprint density at radius 1 is 1.18 bits per heavy atom. The highest BCUT2D eigenvalue weighted by Crippen LogP contribution is 2.22. The van der Waals surface area contributed by atoms with Crippen LogP contribution in [-0.4, -0.2) is 25.9 Å². The van der Waals surface area contributed by atoms with E-state index in [-0.39, 0.29) is 17.3 Å². The molecular weight excluding hydrogens is 302 g/mol. The highest BCUT2D eigenvalue weighted by molar-refractivity contribution is 7.89. The summed E-state index contributed by atoms with van der Waals surface area (Å²) in [6.45, 7) is 0.925. The molecular formula is C15H17N3O3S. The van der Waals surface area contributed by atoms with Crippen molar-refractivity contribution in [1.82, 2.24) is 9.71 Å². The van der Waals surface area contributed by atoms with Gasteiger partial charge in [0, 0.05) is 37.6 Å². The number of amides is 1. The minimum absolute atomic E-state index is 0.0844. The predicted molar refractivity (Wildman–Crippen MR) is 82.8 cm³/mol. The Kier molecular flexibility index (Phi) is 4.00. The molecule has 7 heteroatoms. The fourth-order valence-electron chi connectivity index (χ4n) is 2.46. The van der Waals surface area contributed by atoms with E-state index in [2.05, 4.69) is 9.71 Å². The van der Waals surface area contributed by atoms with E-state index in [1.54, 1.807) is 29.4 Å². The number of benzene rings is 1. The first kappa shape index (κ1) is 14.8. The Morgan fingerprint density at radius 2 is 1.95 bits per heavy atom. The van der Waals surface area contributed by atoms with Crippen LogP contribution in [0.5, 0.6) is 0 Å². The van der Waals surface area contributed by atoms with E-state index in [4.69, 9.17) is 0 Å². The highest BCUT2D eigenvalue weighted by atomic mass is 32.2. The van der Waals surface area contributed by atoms with Crippen molar-refractivity contribution in [2.24, 2.45) is 0 Å². The Balaban J connectivity index is 1.72. The largest absolute Gasteiger partial charge is 0.367 e. The summed E-state index contributed by atoms with van der Waals surface area (Å²) in [5.41, 5.74) is 1.61. The molecule has 2 N–H and O–H groups in total. The molecule has 1 aliphatic rings. The molecule has 1 fully saturated rings. The third kappa shape index (κ3) is 3.05. The molecule has 2 aromatic rings. The fraction of sp³-hybridized carbons (Fsp3) is 0.267. The lowest BCUT2D eigenvalue weighted by atomic mass is 10.3. The number of carbonyl (C=O) groups is 1. The van der Waals surface area contributed by atoms with Crippen LogP contribution in [0.25, 0.3) is 0 Å². The second kappa shape index (κ2) is 5.94. The van der Waals surface area contributed by atoms with Gasteiger partial charge in [0.2, 0.25) is 15.9 Å². The molecule has 3 rings (SSSR count). The van der Waals surface area contributed by atoms with Gasteiger partial charge in [-0.2, -0.15) is 0 Å². The number of hydrogen-bond donors (Lipinski definition) is 2. The molecule has 0 aliphatic carbocycles. The van der Waals surface area contributed by atoms with E-state index in [1.165, 1.54) is 12.1 Å². The van der Waals surface area contributed by atoms with Crippen LogP contribution in [0.15, 0.2) is 47.6 Å². The number of anilines is 1. The van der Waals surface area contributed by atoms with Crippen LogP contribution in [0.2, 0.25) is 0 Å². The van der Waals surface area contributed by atoms with Gasteiger partial charge in [0.1, 0.15) is 0 Å². The zero-order valence-corrected chi connectivity index (χ0v) is 12.8. The Hall–Kier alpha value is -2.12. The number of nitrogens with one attached hydrogen (secondary N) is 2. The summed E-state index contributed by atoms with van der Waals surface area (Å²) in [6, 6.07) is 8.22. The smallest absolute Gasteiger partial charge is 0.240 e. The van der Waals surface area contributed by atoms with Gasteiger partial charge >= 0.3 is 0 Å². The number of hydrogen-bond acceptors (Lipinski definition) is 3. The van der Waals surface area contributed by atoms with Gasteiger partial charge in [-0.1, -0.05) is 0 Å². The number of aromatic nitrogens is 1. The van der Waals surface area contributed by atoms with Crippen molar-refractivity contribution < 1.29 is 13.2 Å². The van der Waals surface area contributed by atoms with Crippen molar-refractivity contribution in [3.63, 3.8) is 0 Å². The standard InChI is InChI=1S/C15H17N3O3S/c19-15-2-1-9-18(15)13-3-5-14(6-4-13)22(20,21)17-11-12-7-8-16-10-12/h3-8,10,16-17H,1-2,9,11H2. The molecule has 0 bridgehead atoms. The van der Waals surface area contributed by atoms with Crippen LogP contribution < -0.4 is 9.62 Å². The van der Waals surface area contributed by atoms with Gasteiger partial charge in [0.05, 0.1) is 4.90 Å². The molecule has 1 aliphatic heterocycles. The maximum Gasteiger partial charge on any atom is 0.240 e. The van der Waals surface area contributed by atoms with Crippen LogP contribution in [0.4, 0.5) is 5.69 Å². The number of H-pyrrole nitrogens is 1. The molecule has 0 saturated carbocycles. The fourth-order valence-corrected chi connectivity index (χ4v) is 3.47. The molecule has 0 atom stereocenters. The monoisotopic (exact) mass is 319 g/mol. The molecule has 1 amide bonds. The Labute approximate surface area is 129 Å². The van der Waals surface area contributed by atoms with E-state index in [0.717, 1.165) is 17.7 Å². The van der Waals surface area contributed by atoms with Crippen molar-refractivity contribution in [3.05, 3.63) is 48.3 Å². The summed E-state index contributed by atoms with van der Waals surface area (Å²) in [6.07, 6.45) is 4.88. The quantitative estimate of drug-likeness (QED) is 0.878. The van der Waals surface area contributed by atoms with Gasteiger partial charge in [-0.3, -0.25) is 4.79 Å².